The molecule has 2 saturated heterocycles. The molecule has 0 bridgehead atoms. The van der Waals surface area contributed by atoms with Gasteiger partial charge in [0, 0.05) is 28.9 Å². The number of nitrogens with zero attached hydrogens (tertiary/aromatic N) is 1. The van der Waals surface area contributed by atoms with E-state index in [1.165, 1.54) is 12.0 Å². The first kappa shape index (κ1) is 23.6. The van der Waals surface area contributed by atoms with E-state index < -0.39 is 47.2 Å². The van der Waals surface area contributed by atoms with Gasteiger partial charge in [0.2, 0.25) is 17.7 Å². The lowest BCUT2D eigenvalue weighted by molar-refractivity contribution is -0.143. The Hall–Kier alpha value is -3.14. The fourth-order valence-electron chi connectivity index (χ4n) is 5.68. The SMILES string of the molecule is COc1ccc(CCN2C(=O)[C@@H]3C(C(C)O)NC4(C(=O)Nc5ccc(Cl)cc54)[C@@H]3C2=O)cc1OC. The predicted octanol–water partition coefficient (Wildman–Crippen LogP) is 1.70. The smallest absolute Gasteiger partial charge is 0.250 e. The number of methoxy groups -OCH3 is 2. The number of rotatable bonds is 6. The van der Waals surface area contributed by atoms with Gasteiger partial charge in [0.1, 0.15) is 5.54 Å². The van der Waals surface area contributed by atoms with Crippen LogP contribution in [-0.2, 0) is 26.3 Å². The highest BCUT2D eigenvalue weighted by atomic mass is 35.5. The first-order valence-electron chi connectivity index (χ1n) is 11.4. The second-order valence-corrected chi connectivity index (χ2v) is 9.57. The van der Waals surface area contributed by atoms with Gasteiger partial charge < -0.3 is 19.9 Å². The number of amides is 3. The van der Waals surface area contributed by atoms with Gasteiger partial charge in [-0.2, -0.15) is 0 Å². The minimum absolute atomic E-state index is 0.132. The number of benzene rings is 2. The van der Waals surface area contributed by atoms with Gasteiger partial charge in [0.05, 0.1) is 32.2 Å². The Bertz CT molecular complexity index is 1230. The Balaban J connectivity index is 1.49. The number of hydrogen-bond donors (Lipinski definition) is 3. The van der Waals surface area contributed by atoms with Gasteiger partial charge in [0.15, 0.2) is 11.5 Å². The number of halogens is 1. The number of fused-ring (bicyclic) bond motifs is 4. The predicted molar refractivity (Wildman–Crippen MR) is 127 cm³/mol. The topological polar surface area (TPSA) is 117 Å². The first-order chi connectivity index (χ1) is 16.7. The number of anilines is 1. The molecular formula is C25H26ClN3O6. The van der Waals surface area contributed by atoms with E-state index in [1.807, 2.05) is 6.07 Å². The third kappa shape index (κ3) is 3.41. The molecule has 3 aliphatic heterocycles. The summed E-state index contributed by atoms with van der Waals surface area (Å²) in [7, 11) is 3.08. The molecule has 5 rings (SSSR count). The van der Waals surface area contributed by atoms with E-state index in [0.29, 0.717) is 34.2 Å². The lowest BCUT2D eigenvalue weighted by Crippen LogP contribution is -2.55. The van der Waals surface area contributed by atoms with Gasteiger partial charge in [-0.05, 0) is 49.2 Å². The van der Waals surface area contributed by atoms with Crippen molar-refractivity contribution in [2.45, 2.75) is 31.0 Å². The molecule has 2 aromatic rings. The summed E-state index contributed by atoms with van der Waals surface area (Å²) in [6.45, 7) is 1.68. The minimum atomic E-state index is -1.49. The normalized spacial score (nSPS) is 27.7. The quantitative estimate of drug-likeness (QED) is 0.518. The van der Waals surface area contributed by atoms with Gasteiger partial charge in [0.25, 0.3) is 0 Å². The zero-order chi connectivity index (χ0) is 25.1. The second-order valence-electron chi connectivity index (χ2n) is 9.13. The van der Waals surface area contributed by atoms with Crippen LogP contribution < -0.4 is 20.1 Å². The summed E-state index contributed by atoms with van der Waals surface area (Å²) in [6.07, 6.45) is -0.577. The molecule has 2 fully saturated rings. The van der Waals surface area contributed by atoms with Gasteiger partial charge in [-0.3, -0.25) is 24.6 Å². The molecule has 0 radical (unpaired) electrons. The molecule has 184 valence electrons. The van der Waals surface area contributed by atoms with Crippen LogP contribution in [0.3, 0.4) is 0 Å². The Morgan fingerprint density at radius 3 is 2.51 bits per heavy atom. The van der Waals surface area contributed by atoms with Crippen LogP contribution in [0.25, 0.3) is 0 Å². The average Bonchev–Trinajstić information content (AvgIpc) is 3.43. The highest BCUT2D eigenvalue weighted by Gasteiger charge is 2.71. The molecule has 1 spiro atoms. The van der Waals surface area contributed by atoms with E-state index in [2.05, 4.69) is 10.6 Å². The van der Waals surface area contributed by atoms with E-state index in [-0.39, 0.29) is 6.54 Å². The highest BCUT2D eigenvalue weighted by molar-refractivity contribution is 6.31. The highest BCUT2D eigenvalue weighted by Crippen LogP contribution is 2.53. The number of ether oxygens (including phenoxy) is 2. The van der Waals surface area contributed by atoms with Crippen molar-refractivity contribution in [1.82, 2.24) is 10.2 Å². The molecule has 35 heavy (non-hydrogen) atoms. The summed E-state index contributed by atoms with van der Waals surface area (Å²) in [6, 6.07) is 9.59. The number of aliphatic hydroxyl groups is 1. The Morgan fingerprint density at radius 1 is 1.09 bits per heavy atom. The summed E-state index contributed by atoms with van der Waals surface area (Å²) in [4.78, 5) is 41.8. The molecule has 2 aromatic carbocycles. The maximum Gasteiger partial charge on any atom is 0.250 e. The van der Waals surface area contributed by atoms with Crippen molar-refractivity contribution in [1.29, 1.82) is 0 Å². The molecule has 3 amide bonds. The summed E-state index contributed by atoms with van der Waals surface area (Å²) in [5, 5.41) is 16.9. The number of carbonyl (C=O) groups is 3. The Labute approximate surface area is 207 Å². The van der Waals surface area contributed by atoms with Crippen LogP contribution in [0.4, 0.5) is 5.69 Å². The molecule has 5 atom stereocenters. The van der Waals surface area contributed by atoms with E-state index in [9.17, 15) is 19.5 Å². The van der Waals surface area contributed by atoms with Crippen molar-refractivity contribution in [3.63, 3.8) is 0 Å². The number of aliphatic hydroxyl groups excluding tert-OH is 1. The molecule has 3 unspecified atom stereocenters. The molecule has 10 heteroatoms. The summed E-state index contributed by atoms with van der Waals surface area (Å²) in [5.41, 5.74) is 0.408. The summed E-state index contributed by atoms with van der Waals surface area (Å²) >= 11 is 6.23. The van der Waals surface area contributed by atoms with Crippen LogP contribution in [-0.4, -0.2) is 60.6 Å². The van der Waals surface area contributed by atoms with Crippen molar-refractivity contribution >= 4 is 35.0 Å². The molecule has 9 nitrogen and oxygen atoms in total. The number of carbonyl (C=O) groups excluding carboxylic acids is 3. The number of likely N-dealkylation sites (tertiary alicyclic amines) is 1. The number of hydrogen-bond acceptors (Lipinski definition) is 7. The molecule has 3 aliphatic rings. The monoisotopic (exact) mass is 499 g/mol. The van der Waals surface area contributed by atoms with E-state index in [0.717, 1.165) is 5.56 Å². The molecule has 0 aliphatic carbocycles. The molecular weight excluding hydrogens is 474 g/mol. The maximum atomic E-state index is 13.7. The zero-order valence-electron chi connectivity index (χ0n) is 19.5. The Kier molecular flexibility index (Phi) is 5.74. The standard InChI is InChI=1S/C25H26ClN3O6/c1-12(30)21-19-20(25(28-21)15-11-14(26)5-6-16(15)27-24(25)33)23(32)29(22(19)31)9-8-13-4-7-17(34-2)18(10-13)35-3/h4-7,10-12,19-21,28,30H,8-9H2,1-3H3,(H,27,33)/t12?,19-,20-,21?,25?/m0/s1. The van der Waals surface area contributed by atoms with Crippen LogP contribution in [0.2, 0.25) is 5.02 Å². The lowest BCUT2D eigenvalue weighted by atomic mass is 9.76. The molecule has 3 N–H and O–H groups in total. The number of nitrogens with one attached hydrogen (secondary N) is 2. The average molecular weight is 500 g/mol. The molecule has 0 saturated carbocycles. The number of imide groups is 1. The minimum Gasteiger partial charge on any atom is -0.493 e. The molecule has 3 heterocycles. The van der Waals surface area contributed by atoms with Crippen LogP contribution in [0.15, 0.2) is 36.4 Å². The van der Waals surface area contributed by atoms with E-state index in [4.69, 9.17) is 21.1 Å². The summed E-state index contributed by atoms with van der Waals surface area (Å²) < 4.78 is 10.6. The van der Waals surface area contributed by atoms with Crippen LogP contribution >= 0.6 is 11.6 Å². The third-order valence-electron chi connectivity index (χ3n) is 7.29. The van der Waals surface area contributed by atoms with Gasteiger partial charge in [-0.15, -0.1) is 0 Å². The van der Waals surface area contributed by atoms with Crippen molar-refractivity contribution in [3.05, 3.63) is 52.5 Å². The second kappa shape index (κ2) is 8.51. The summed E-state index contributed by atoms with van der Waals surface area (Å²) in [5.74, 6) is -2.04. The largest absolute Gasteiger partial charge is 0.493 e. The van der Waals surface area contributed by atoms with E-state index >= 15 is 0 Å². The lowest BCUT2D eigenvalue weighted by Gasteiger charge is -2.30. The van der Waals surface area contributed by atoms with Gasteiger partial charge in [-0.1, -0.05) is 17.7 Å². The van der Waals surface area contributed by atoms with Gasteiger partial charge in [-0.25, -0.2) is 0 Å². The maximum absolute atomic E-state index is 13.7. The van der Waals surface area contributed by atoms with Crippen LogP contribution in [0, 0.1) is 11.8 Å². The van der Waals surface area contributed by atoms with Gasteiger partial charge >= 0.3 is 0 Å². The van der Waals surface area contributed by atoms with Crippen molar-refractivity contribution in [2.75, 3.05) is 26.1 Å². The van der Waals surface area contributed by atoms with Crippen molar-refractivity contribution in [3.8, 4) is 11.5 Å². The van der Waals surface area contributed by atoms with E-state index in [1.54, 1.807) is 44.4 Å². The third-order valence-corrected chi connectivity index (χ3v) is 7.53. The zero-order valence-corrected chi connectivity index (χ0v) is 20.3. The Morgan fingerprint density at radius 2 is 1.83 bits per heavy atom. The fourth-order valence-corrected chi connectivity index (χ4v) is 5.85. The van der Waals surface area contributed by atoms with Crippen LogP contribution in [0.5, 0.6) is 11.5 Å². The first-order valence-corrected chi connectivity index (χ1v) is 11.7. The van der Waals surface area contributed by atoms with Crippen molar-refractivity contribution < 1.29 is 29.0 Å². The van der Waals surface area contributed by atoms with Crippen molar-refractivity contribution in [2.24, 2.45) is 11.8 Å². The molecule has 0 aromatic heterocycles. The fraction of sp³-hybridized carbons (Fsp3) is 0.400. The van der Waals surface area contributed by atoms with Crippen LogP contribution in [0.1, 0.15) is 18.1 Å².